The first kappa shape index (κ1) is 20.2. The van der Waals surface area contributed by atoms with E-state index in [0.29, 0.717) is 6.54 Å². The van der Waals surface area contributed by atoms with E-state index in [1.165, 1.54) is 11.1 Å². The lowest BCUT2D eigenvalue weighted by molar-refractivity contribution is 0.193. The summed E-state index contributed by atoms with van der Waals surface area (Å²) in [6.45, 7) is 4.72. The van der Waals surface area contributed by atoms with Crippen LogP contribution in [0.4, 0.5) is 10.5 Å². The fourth-order valence-electron chi connectivity index (χ4n) is 4.61. The average Bonchev–Trinajstić information content (AvgIpc) is 3.18. The molecule has 2 N–H and O–H groups in total. The van der Waals surface area contributed by atoms with E-state index in [1.54, 1.807) is 7.11 Å². The van der Waals surface area contributed by atoms with E-state index in [0.717, 1.165) is 45.6 Å². The van der Waals surface area contributed by atoms with Gasteiger partial charge in [0, 0.05) is 28.8 Å². The largest absolute Gasteiger partial charge is 0.497 e. The molecule has 0 unspecified atom stereocenters. The van der Waals surface area contributed by atoms with Crippen molar-refractivity contribution in [2.75, 3.05) is 19.0 Å². The van der Waals surface area contributed by atoms with Gasteiger partial charge in [0.25, 0.3) is 0 Å². The zero-order chi connectivity index (χ0) is 22.2. The highest BCUT2D eigenvalue weighted by Crippen LogP contribution is 2.39. The number of hydrogen-bond donors (Lipinski definition) is 2. The summed E-state index contributed by atoms with van der Waals surface area (Å²) in [5.41, 5.74) is 7.56. The van der Waals surface area contributed by atoms with E-state index >= 15 is 0 Å². The highest BCUT2D eigenvalue weighted by molar-refractivity contribution is 5.92. The molecule has 0 radical (unpaired) electrons. The number of nitrogens with one attached hydrogen (secondary N) is 2. The van der Waals surface area contributed by atoms with Crippen LogP contribution in [0.15, 0.2) is 66.7 Å². The van der Waals surface area contributed by atoms with E-state index in [2.05, 4.69) is 53.6 Å². The molecule has 2 heterocycles. The number of para-hydroxylation sites is 1. The second-order valence-corrected chi connectivity index (χ2v) is 8.43. The third kappa shape index (κ3) is 3.50. The molecule has 1 aliphatic heterocycles. The minimum Gasteiger partial charge on any atom is -0.497 e. The van der Waals surface area contributed by atoms with Crippen molar-refractivity contribution in [2.45, 2.75) is 26.3 Å². The van der Waals surface area contributed by atoms with Crippen LogP contribution in [0.1, 0.15) is 34.0 Å². The van der Waals surface area contributed by atoms with Gasteiger partial charge in [0.2, 0.25) is 0 Å². The number of aryl methyl sites for hydroxylation is 2. The SMILES string of the molecule is COc1ccc2[nH]c3c(c2c1)CCN(C(=O)Nc1ccccc1C)[C@@H]3c1ccc(C)cc1. The molecule has 1 aliphatic rings. The van der Waals surface area contributed by atoms with Crippen LogP contribution in [0.5, 0.6) is 5.75 Å². The number of carbonyl (C=O) groups is 1. The van der Waals surface area contributed by atoms with Crippen LogP contribution in [0.25, 0.3) is 10.9 Å². The van der Waals surface area contributed by atoms with Gasteiger partial charge in [-0.1, -0.05) is 48.0 Å². The molecule has 2 amide bonds. The molecule has 4 aromatic rings. The predicted octanol–water partition coefficient (Wildman–Crippen LogP) is 5.97. The molecule has 0 spiro atoms. The molecule has 3 aromatic carbocycles. The van der Waals surface area contributed by atoms with Gasteiger partial charge in [0.1, 0.15) is 5.75 Å². The van der Waals surface area contributed by atoms with Crippen LogP contribution >= 0.6 is 0 Å². The van der Waals surface area contributed by atoms with Crippen molar-refractivity contribution >= 4 is 22.6 Å². The van der Waals surface area contributed by atoms with Gasteiger partial charge < -0.3 is 19.9 Å². The van der Waals surface area contributed by atoms with Gasteiger partial charge >= 0.3 is 6.03 Å². The molecule has 5 rings (SSSR count). The van der Waals surface area contributed by atoms with Crippen molar-refractivity contribution in [1.82, 2.24) is 9.88 Å². The van der Waals surface area contributed by atoms with Crippen molar-refractivity contribution in [3.8, 4) is 5.75 Å². The Balaban J connectivity index is 1.59. The summed E-state index contributed by atoms with van der Waals surface area (Å²) in [5, 5.41) is 4.29. The number of H-pyrrole nitrogens is 1. The summed E-state index contributed by atoms with van der Waals surface area (Å²) in [6, 6.07) is 22.1. The number of nitrogens with zero attached hydrogens (tertiary/aromatic N) is 1. The van der Waals surface area contributed by atoms with E-state index in [9.17, 15) is 4.79 Å². The first-order chi connectivity index (χ1) is 15.5. The number of ether oxygens (including phenoxy) is 1. The molecule has 1 aromatic heterocycles. The third-order valence-electron chi connectivity index (χ3n) is 6.37. The molecule has 5 nitrogen and oxygen atoms in total. The van der Waals surface area contributed by atoms with Crippen molar-refractivity contribution < 1.29 is 9.53 Å². The molecule has 5 heteroatoms. The Hall–Kier alpha value is -3.73. The molecule has 32 heavy (non-hydrogen) atoms. The maximum absolute atomic E-state index is 13.5. The quantitative estimate of drug-likeness (QED) is 0.425. The average molecular weight is 426 g/mol. The van der Waals surface area contributed by atoms with Crippen molar-refractivity contribution in [3.63, 3.8) is 0 Å². The van der Waals surface area contributed by atoms with Gasteiger partial charge in [0.05, 0.1) is 13.2 Å². The summed E-state index contributed by atoms with van der Waals surface area (Å²) < 4.78 is 5.46. The molecular formula is C27H27N3O2. The lowest BCUT2D eigenvalue weighted by Gasteiger charge is -2.36. The first-order valence-corrected chi connectivity index (χ1v) is 10.9. The van der Waals surface area contributed by atoms with Crippen molar-refractivity contribution in [1.29, 1.82) is 0 Å². The van der Waals surface area contributed by atoms with Crippen molar-refractivity contribution in [2.24, 2.45) is 0 Å². The minimum absolute atomic E-state index is 0.0910. The van der Waals surface area contributed by atoms with Gasteiger partial charge in [0.15, 0.2) is 0 Å². The highest BCUT2D eigenvalue weighted by Gasteiger charge is 2.34. The third-order valence-corrected chi connectivity index (χ3v) is 6.37. The summed E-state index contributed by atoms with van der Waals surface area (Å²) in [5.74, 6) is 0.839. The normalized spacial score (nSPS) is 15.5. The van der Waals surface area contributed by atoms with E-state index < -0.39 is 0 Å². The van der Waals surface area contributed by atoms with Crippen LogP contribution < -0.4 is 10.1 Å². The van der Waals surface area contributed by atoms with Crippen LogP contribution in [0.2, 0.25) is 0 Å². The molecule has 0 fully saturated rings. The van der Waals surface area contributed by atoms with Gasteiger partial charge in [-0.15, -0.1) is 0 Å². The smallest absolute Gasteiger partial charge is 0.322 e. The Kier molecular flexibility index (Phi) is 5.10. The van der Waals surface area contributed by atoms with E-state index in [4.69, 9.17) is 4.74 Å². The fraction of sp³-hybridized carbons (Fsp3) is 0.222. The van der Waals surface area contributed by atoms with Crippen LogP contribution in [0.3, 0.4) is 0 Å². The Morgan fingerprint density at radius 3 is 2.59 bits per heavy atom. The lowest BCUT2D eigenvalue weighted by Crippen LogP contribution is -2.43. The Bertz CT molecular complexity index is 1290. The first-order valence-electron chi connectivity index (χ1n) is 10.9. The maximum atomic E-state index is 13.5. The van der Waals surface area contributed by atoms with Crippen LogP contribution in [-0.2, 0) is 6.42 Å². The number of aromatic amines is 1. The van der Waals surface area contributed by atoms with Gasteiger partial charge in [-0.3, -0.25) is 0 Å². The zero-order valence-corrected chi connectivity index (χ0v) is 18.6. The summed E-state index contributed by atoms with van der Waals surface area (Å²) in [6.07, 6.45) is 0.784. The van der Waals surface area contributed by atoms with Gasteiger partial charge in [-0.2, -0.15) is 0 Å². The topological polar surface area (TPSA) is 57.4 Å². The molecular weight excluding hydrogens is 398 g/mol. The number of fused-ring (bicyclic) bond motifs is 3. The lowest BCUT2D eigenvalue weighted by atomic mass is 9.92. The molecule has 0 saturated heterocycles. The second kappa shape index (κ2) is 8.08. The molecule has 0 aliphatic carbocycles. The number of carbonyl (C=O) groups excluding carboxylic acids is 1. The minimum atomic E-state index is -0.193. The Morgan fingerprint density at radius 2 is 1.84 bits per heavy atom. The number of methoxy groups -OCH3 is 1. The number of hydrogen-bond acceptors (Lipinski definition) is 2. The number of urea groups is 1. The van der Waals surface area contributed by atoms with Gasteiger partial charge in [-0.25, -0.2) is 4.79 Å². The number of amides is 2. The van der Waals surface area contributed by atoms with Crippen LogP contribution in [0, 0.1) is 13.8 Å². The summed E-state index contributed by atoms with van der Waals surface area (Å²) in [7, 11) is 1.69. The number of anilines is 1. The Morgan fingerprint density at radius 1 is 1.06 bits per heavy atom. The van der Waals surface area contributed by atoms with E-state index in [1.807, 2.05) is 42.2 Å². The number of aromatic nitrogens is 1. The van der Waals surface area contributed by atoms with Crippen LogP contribution in [-0.4, -0.2) is 29.6 Å². The molecule has 162 valence electrons. The molecule has 0 bridgehead atoms. The molecule has 1 atom stereocenters. The second-order valence-electron chi connectivity index (χ2n) is 8.43. The fourth-order valence-corrected chi connectivity index (χ4v) is 4.61. The van der Waals surface area contributed by atoms with Gasteiger partial charge in [-0.05, 0) is 61.2 Å². The Labute approximate surface area is 188 Å². The summed E-state index contributed by atoms with van der Waals surface area (Å²) >= 11 is 0. The standard InChI is InChI=1S/C27H27N3O2/c1-17-8-10-19(11-9-17)26-25-21(22-16-20(32-3)12-13-24(22)28-25)14-15-30(26)27(31)29-23-7-5-4-6-18(23)2/h4-13,16,26,28H,14-15H2,1-3H3,(H,29,31)/t26-/m1/s1. The molecule has 0 saturated carbocycles. The van der Waals surface area contributed by atoms with E-state index in [-0.39, 0.29) is 12.1 Å². The number of benzene rings is 3. The highest BCUT2D eigenvalue weighted by atomic mass is 16.5. The maximum Gasteiger partial charge on any atom is 0.322 e. The van der Waals surface area contributed by atoms with Crippen molar-refractivity contribution in [3.05, 3.63) is 94.7 Å². The monoisotopic (exact) mass is 425 g/mol. The predicted molar refractivity (Wildman–Crippen MR) is 128 cm³/mol. The zero-order valence-electron chi connectivity index (χ0n) is 18.6. The number of rotatable bonds is 3. The summed E-state index contributed by atoms with van der Waals surface area (Å²) in [4.78, 5) is 19.0.